The summed E-state index contributed by atoms with van der Waals surface area (Å²) in [6, 6.07) is 9.41. The zero-order valence-electron chi connectivity index (χ0n) is 16.7. The SMILES string of the molecule is O=[N+]([O-])c1ccc(NC2C[CH]C(N3CCc4cc(Cl)ccc4C3)CC2)cc1C(F)(F)F. The summed E-state index contributed by atoms with van der Waals surface area (Å²) in [4.78, 5) is 12.3. The highest BCUT2D eigenvalue weighted by Gasteiger charge is 2.38. The molecule has 2 aromatic carbocycles. The van der Waals surface area contributed by atoms with Crippen LogP contribution in [0, 0.1) is 16.5 Å². The summed E-state index contributed by atoms with van der Waals surface area (Å²) >= 11 is 6.08. The minimum absolute atomic E-state index is 0.00493. The lowest BCUT2D eigenvalue weighted by Crippen LogP contribution is -2.43. The molecule has 1 radical (unpaired) electrons. The molecule has 2 aromatic rings. The number of alkyl halides is 3. The van der Waals surface area contributed by atoms with Gasteiger partial charge in [0.25, 0.3) is 5.69 Å². The molecular weight excluding hydrogens is 431 g/mol. The van der Waals surface area contributed by atoms with Crippen molar-refractivity contribution in [2.24, 2.45) is 0 Å². The maximum atomic E-state index is 13.2. The first-order valence-electron chi connectivity index (χ1n) is 10.2. The number of nitro groups is 1. The van der Waals surface area contributed by atoms with Crippen LogP contribution in [0.25, 0.3) is 0 Å². The maximum Gasteiger partial charge on any atom is 0.423 e. The molecule has 0 aromatic heterocycles. The maximum absolute atomic E-state index is 13.2. The number of nitro benzene ring substituents is 1. The molecule has 1 fully saturated rings. The first kappa shape index (κ1) is 21.9. The average Bonchev–Trinajstić information content (AvgIpc) is 2.73. The van der Waals surface area contributed by atoms with Gasteiger partial charge in [0.1, 0.15) is 5.56 Å². The molecule has 1 N–H and O–H groups in total. The summed E-state index contributed by atoms with van der Waals surface area (Å²) in [6.45, 7) is 1.81. The first-order valence-corrected chi connectivity index (χ1v) is 10.6. The van der Waals surface area contributed by atoms with Gasteiger partial charge in [0.05, 0.1) is 4.92 Å². The molecule has 0 bridgehead atoms. The number of halogens is 4. The molecule has 1 heterocycles. The summed E-state index contributed by atoms with van der Waals surface area (Å²) in [5.41, 5.74) is 0.665. The summed E-state index contributed by atoms with van der Waals surface area (Å²) in [5.74, 6) is 0. The third kappa shape index (κ3) is 4.96. The Balaban J connectivity index is 1.37. The molecule has 0 amide bonds. The number of benzene rings is 2. The smallest absolute Gasteiger partial charge is 0.382 e. The van der Waals surface area contributed by atoms with Crippen molar-refractivity contribution in [3.63, 3.8) is 0 Å². The lowest BCUT2D eigenvalue weighted by atomic mass is 9.88. The van der Waals surface area contributed by atoms with Gasteiger partial charge in [0.15, 0.2) is 0 Å². The van der Waals surface area contributed by atoms with E-state index >= 15 is 0 Å². The van der Waals surface area contributed by atoms with Gasteiger partial charge in [-0.25, -0.2) is 0 Å². The third-order valence-corrected chi connectivity index (χ3v) is 6.29. The minimum atomic E-state index is -4.78. The zero-order chi connectivity index (χ0) is 22.2. The lowest BCUT2D eigenvalue weighted by molar-refractivity contribution is -0.388. The lowest BCUT2D eigenvalue weighted by Gasteiger charge is -2.39. The number of fused-ring (bicyclic) bond motifs is 1. The Morgan fingerprint density at radius 3 is 2.61 bits per heavy atom. The molecular formula is C22H22ClF3N3O2. The minimum Gasteiger partial charge on any atom is -0.382 e. The van der Waals surface area contributed by atoms with E-state index in [4.69, 9.17) is 11.6 Å². The molecule has 1 aliphatic carbocycles. The van der Waals surface area contributed by atoms with Gasteiger partial charge >= 0.3 is 6.18 Å². The largest absolute Gasteiger partial charge is 0.423 e. The van der Waals surface area contributed by atoms with Crippen molar-refractivity contribution >= 4 is 23.0 Å². The predicted octanol–water partition coefficient (Wildman–Crippen LogP) is 5.86. The molecule has 1 aliphatic heterocycles. The third-order valence-electron chi connectivity index (χ3n) is 6.05. The van der Waals surface area contributed by atoms with Gasteiger partial charge in [0, 0.05) is 41.9 Å². The fourth-order valence-corrected chi connectivity index (χ4v) is 4.66. The van der Waals surface area contributed by atoms with Gasteiger partial charge in [-0.05, 0) is 67.5 Å². The molecule has 2 atom stereocenters. The monoisotopic (exact) mass is 452 g/mol. The van der Waals surface area contributed by atoms with Gasteiger partial charge in [-0.3, -0.25) is 15.0 Å². The average molecular weight is 453 g/mol. The van der Waals surface area contributed by atoms with E-state index in [1.807, 2.05) is 12.1 Å². The van der Waals surface area contributed by atoms with E-state index in [0.29, 0.717) is 12.5 Å². The molecule has 2 aliphatic rings. The van der Waals surface area contributed by atoms with Crippen LogP contribution < -0.4 is 5.32 Å². The van der Waals surface area contributed by atoms with Crippen LogP contribution in [0.2, 0.25) is 5.02 Å². The highest BCUT2D eigenvalue weighted by Crippen LogP contribution is 2.38. The fraction of sp³-hybridized carbons (Fsp3) is 0.409. The van der Waals surface area contributed by atoms with Gasteiger partial charge < -0.3 is 5.32 Å². The van der Waals surface area contributed by atoms with E-state index in [9.17, 15) is 23.3 Å². The van der Waals surface area contributed by atoms with Crippen molar-refractivity contribution in [2.45, 2.75) is 50.5 Å². The molecule has 5 nitrogen and oxygen atoms in total. The van der Waals surface area contributed by atoms with Crippen LogP contribution in [-0.2, 0) is 19.1 Å². The van der Waals surface area contributed by atoms with E-state index in [1.165, 1.54) is 17.2 Å². The van der Waals surface area contributed by atoms with Crippen LogP contribution in [-0.4, -0.2) is 28.5 Å². The Bertz CT molecular complexity index is 975. The Hall–Kier alpha value is -2.32. The van der Waals surface area contributed by atoms with Gasteiger partial charge in [-0.1, -0.05) is 17.7 Å². The molecule has 0 spiro atoms. The van der Waals surface area contributed by atoms with Crippen LogP contribution in [0.15, 0.2) is 36.4 Å². The zero-order valence-corrected chi connectivity index (χ0v) is 17.4. The standard InChI is InChI=1S/C22H22ClF3N3O2/c23-16-2-1-15-13-28(10-9-14(15)11-16)19-6-3-17(4-7-19)27-18-5-8-21(29(30)31)20(12-18)22(24,25)26/h1-2,5-6,8,11-12,17,19,27H,3-4,7,9-10,13H2. The number of nitrogens with one attached hydrogen (secondary N) is 1. The van der Waals surface area contributed by atoms with Crippen LogP contribution in [0.5, 0.6) is 0 Å². The van der Waals surface area contributed by atoms with Crippen molar-refractivity contribution in [1.29, 1.82) is 0 Å². The van der Waals surface area contributed by atoms with E-state index in [2.05, 4.69) is 22.7 Å². The molecule has 9 heteroatoms. The Labute approximate surface area is 183 Å². The van der Waals surface area contributed by atoms with Crippen LogP contribution in [0.3, 0.4) is 0 Å². The van der Waals surface area contributed by atoms with Crippen molar-refractivity contribution in [3.05, 3.63) is 74.6 Å². The van der Waals surface area contributed by atoms with E-state index < -0.39 is 22.4 Å². The van der Waals surface area contributed by atoms with Gasteiger partial charge in [-0.2, -0.15) is 13.2 Å². The number of rotatable bonds is 4. The predicted molar refractivity (Wildman–Crippen MR) is 113 cm³/mol. The summed E-state index contributed by atoms with van der Waals surface area (Å²) in [7, 11) is 0. The second kappa shape index (κ2) is 8.67. The molecule has 165 valence electrons. The Kier molecular flexibility index (Phi) is 6.12. The number of nitrogens with zero attached hydrogens (tertiary/aromatic N) is 2. The van der Waals surface area contributed by atoms with E-state index in [-0.39, 0.29) is 11.7 Å². The van der Waals surface area contributed by atoms with Crippen LogP contribution in [0.1, 0.15) is 36.0 Å². The number of hydrogen-bond acceptors (Lipinski definition) is 4. The normalized spacial score (nSPS) is 22.1. The topological polar surface area (TPSA) is 58.4 Å². The quantitative estimate of drug-likeness (QED) is 0.466. The molecule has 1 saturated carbocycles. The van der Waals surface area contributed by atoms with Crippen molar-refractivity contribution < 1.29 is 18.1 Å². The number of hydrogen-bond donors (Lipinski definition) is 1. The number of anilines is 1. The summed E-state index contributed by atoms with van der Waals surface area (Å²) in [5, 5.41) is 14.8. The second-order valence-electron chi connectivity index (χ2n) is 8.08. The van der Waals surface area contributed by atoms with Gasteiger partial charge in [-0.15, -0.1) is 0 Å². The molecule has 4 rings (SSSR count). The van der Waals surface area contributed by atoms with Crippen molar-refractivity contribution in [1.82, 2.24) is 4.90 Å². The second-order valence-corrected chi connectivity index (χ2v) is 8.51. The van der Waals surface area contributed by atoms with Crippen LogP contribution in [0.4, 0.5) is 24.5 Å². The molecule has 31 heavy (non-hydrogen) atoms. The Morgan fingerprint density at radius 2 is 1.94 bits per heavy atom. The first-order chi connectivity index (χ1) is 14.7. The van der Waals surface area contributed by atoms with Crippen molar-refractivity contribution in [3.8, 4) is 0 Å². The molecule has 0 saturated heterocycles. The Morgan fingerprint density at radius 1 is 1.13 bits per heavy atom. The highest BCUT2D eigenvalue weighted by molar-refractivity contribution is 6.30. The van der Waals surface area contributed by atoms with Crippen LogP contribution >= 0.6 is 11.6 Å². The summed E-state index contributed by atoms with van der Waals surface area (Å²) < 4.78 is 39.6. The van der Waals surface area contributed by atoms with Crippen molar-refractivity contribution in [2.75, 3.05) is 11.9 Å². The van der Waals surface area contributed by atoms with Gasteiger partial charge in [0.2, 0.25) is 0 Å². The summed E-state index contributed by atoms with van der Waals surface area (Å²) in [6.07, 6.45) is 0.817. The van der Waals surface area contributed by atoms with E-state index in [0.717, 1.165) is 49.5 Å². The van der Waals surface area contributed by atoms with E-state index in [1.54, 1.807) is 0 Å². The molecule has 2 unspecified atom stereocenters. The highest BCUT2D eigenvalue weighted by atomic mass is 35.5. The fourth-order valence-electron chi connectivity index (χ4n) is 4.47.